The smallest absolute Gasteiger partial charge is 0.191 e. The van der Waals surface area contributed by atoms with E-state index in [9.17, 15) is 0 Å². The minimum Gasteiger partial charge on any atom is -0.381 e. The lowest BCUT2D eigenvalue weighted by Gasteiger charge is -2.12. The van der Waals surface area contributed by atoms with Crippen LogP contribution in [-0.4, -0.2) is 46.0 Å². The van der Waals surface area contributed by atoms with E-state index in [1.165, 1.54) is 4.88 Å². The van der Waals surface area contributed by atoms with Crippen LogP contribution in [0, 0.1) is 5.92 Å². The molecule has 1 aromatic rings. The van der Waals surface area contributed by atoms with E-state index in [4.69, 9.17) is 9.47 Å². The first-order chi connectivity index (χ1) is 10.8. The van der Waals surface area contributed by atoms with E-state index in [0.717, 1.165) is 62.1 Å². The van der Waals surface area contributed by atoms with Gasteiger partial charge in [-0.25, -0.2) is 0 Å². The highest BCUT2D eigenvalue weighted by Gasteiger charge is 2.15. The van der Waals surface area contributed by atoms with Gasteiger partial charge in [-0.3, -0.25) is 4.99 Å². The highest BCUT2D eigenvalue weighted by Crippen LogP contribution is 2.21. The van der Waals surface area contributed by atoms with E-state index in [-0.39, 0.29) is 24.0 Å². The summed E-state index contributed by atoms with van der Waals surface area (Å²) in [6.07, 6.45) is 2.10. The topological polar surface area (TPSA) is 54.9 Å². The molecule has 23 heavy (non-hydrogen) atoms. The van der Waals surface area contributed by atoms with Crippen LogP contribution in [0.25, 0.3) is 0 Å². The van der Waals surface area contributed by atoms with E-state index < -0.39 is 0 Å². The first kappa shape index (κ1) is 21.1. The maximum Gasteiger partial charge on any atom is 0.191 e. The Labute approximate surface area is 167 Å². The van der Waals surface area contributed by atoms with Crippen LogP contribution in [0.15, 0.2) is 20.9 Å². The van der Waals surface area contributed by atoms with Crippen LogP contribution in [0.4, 0.5) is 0 Å². The number of nitrogens with one attached hydrogen (secondary N) is 2. The summed E-state index contributed by atoms with van der Waals surface area (Å²) in [5, 5.41) is 6.61. The average molecular weight is 518 g/mol. The third kappa shape index (κ3) is 8.67. The summed E-state index contributed by atoms with van der Waals surface area (Å²) in [6.45, 7) is 4.98. The van der Waals surface area contributed by atoms with Crippen molar-refractivity contribution in [1.29, 1.82) is 0 Å². The summed E-state index contributed by atoms with van der Waals surface area (Å²) in [5.41, 5.74) is 0. The summed E-state index contributed by atoms with van der Waals surface area (Å²) >= 11 is 5.20. The molecule has 1 atom stereocenters. The first-order valence-electron chi connectivity index (χ1n) is 7.62. The number of aliphatic imine (C=N–C) groups is 1. The van der Waals surface area contributed by atoms with E-state index in [1.54, 1.807) is 18.4 Å². The van der Waals surface area contributed by atoms with Crippen LogP contribution in [0.3, 0.4) is 0 Å². The molecule has 0 radical (unpaired) electrons. The maximum atomic E-state index is 5.68. The Morgan fingerprint density at radius 1 is 1.48 bits per heavy atom. The van der Waals surface area contributed by atoms with Crippen molar-refractivity contribution < 1.29 is 9.47 Å². The Balaban J connectivity index is 0.00000264. The highest BCUT2D eigenvalue weighted by molar-refractivity contribution is 14.0. The fourth-order valence-electron chi connectivity index (χ4n) is 2.18. The summed E-state index contributed by atoms with van der Waals surface area (Å²) < 4.78 is 12.2. The second kappa shape index (κ2) is 12.5. The second-order valence-electron chi connectivity index (χ2n) is 5.22. The number of halogens is 2. The Bertz CT molecular complexity index is 467. The van der Waals surface area contributed by atoms with Gasteiger partial charge < -0.3 is 20.1 Å². The zero-order chi connectivity index (χ0) is 15.6. The molecule has 0 saturated carbocycles. The largest absolute Gasteiger partial charge is 0.381 e. The Morgan fingerprint density at radius 3 is 3.00 bits per heavy atom. The number of rotatable bonds is 8. The van der Waals surface area contributed by atoms with Crippen molar-refractivity contribution in [3.05, 3.63) is 20.8 Å². The molecule has 2 N–H and O–H groups in total. The van der Waals surface area contributed by atoms with Crippen LogP contribution >= 0.6 is 51.2 Å². The van der Waals surface area contributed by atoms with Crippen molar-refractivity contribution in [3.8, 4) is 0 Å². The van der Waals surface area contributed by atoms with Crippen molar-refractivity contribution >= 4 is 57.2 Å². The van der Waals surface area contributed by atoms with Crippen molar-refractivity contribution in [2.24, 2.45) is 10.9 Å². The standard InChI is InChI=1S/C15H24BrN3O2S.HI/c1-17-15(19-9-13-3-4-14(16)22-13)18-6-2-7-20-10-12-5-8-21-11-12;/h3-4,12H,2,5-11H2,1H3,(H2,17,18,19);1H. The molecule has 0 bridgehead atoms. The van der Waals surface area contributed by atoms with Gasteiger partial charge in [0.2, 0.25) is 0 Å². The van der Waals surface area contributed by atoms with Gasteiger partial charge in [0.15, 0.2) is 5.96 Å². The number of nitrogens with zero attached hydrogens (tertiary/aromatic N) is 1. The Kier molecular flexibility index (Phi) is 11.5. The number of hydrogen-bond acceptors (Lipinski definition) is 4. The molecule has 1 unspecified atom stereocenters. The van der Waals surface area contributed by atoms with Gasteiger partial charge in [0, 0.05) is 37.6 Å². The summed E-state index contributed by atoms with van der Waals surface area (Å²) in [7, 11) is 1.79. The molecular formula is C15H25BrIN3O2S. The molecule has 1 fully saturated rings. The number of guanidine groups is 1. The lowest BCUT2D eigenvalue weighted by molar-refractivity contribution is 0.0888. The number of ether oxygens (including phenoxy) is 2. The molecule has 1 aromatic heterocycles. The van der Waals surface area contributed by atoms with Gasteiger partial charge in [0.05, 0.1) is 23.5 Å². The first-order valence-corrected chi connectivity index (χ1v) is 9.23. The fourth-order valence-corrected chi connectivity index (χ4v) is 3.61. The minimum absolute atomic E-state index is 0. The van der Waals surface area contributed by atoms with Crippen molar-refractivity contribution in [3.63, 3.8) is 0 Å². The van der Waals surface area contributed by atoms with E-state index in [2.05, 4.69) is 43.7 Å². The van der Waals surface area contributed by atoms with Gasteiger partial charge in [0.25, 0.3) is 0 Å². The molecule has 0 aromatic carbocycles. The molecule has 0 amide bonds. The van der Waals surface area contributed by atoms with Gasteiger partial charge >= 0.3 is 0 Å². The zero-order valence-corrected chi connectivity index (χ0v) is 18.1. The molecule has 1 aliphatic rings. The molecule has 2 rings (SSSR count). The van der Waals surface area contributed by atoms with Gasteiger partial charge in [0.1, 0.15) is 0 Å². The summed E-state index contributed by atoms with van der Waals surface area (Å²) in [6, 6.07) is 4.17. The molecule has 0 spiro atoms. The predicted octanol–water partition coefficient (Wildman–Crippen LogP) is 3.24. The van der Waals surface area contributed by atoms with Crippen molar-refractivity contribution in [2.75, 3.05) is 40.0 Å². The van der Waals surface area contributed by atoms with Crippen LogP contribution in [0.5, 0.6) is 0 Å². The monoisotopic (exact) mass is 517 g/mol. The van der Waals surface area contributed by atoms with Gasteiger partial charge in [-0.1, -0.05) is 0 Å². The average Bonchev–Trinajstić information content (AvgIpc) is 3.17. The van der Waals surface area contributed by atoms with Crippen LogP contribution < -0.4 is 10.6 Å². The van der Waals surface area contributed by atoms with Gasteiger partial charge in [-0.15, -0.1) is 35.3 Å². The molecule has 1 aliphatic heterocycles. The maximum absolute atomic E-state index is 5.68. The highest BCUT2D eigenvalue weighted by atomic mass is 127. The molecule has 8 heteroatoms. The molecule has 5 nitrogen and oxygen atoms in total. The quantitative estimate of drug-likeness (QED) is 0.240. The van der Waals surface area contributed by atoms with Crippen molar-refractivity contribution in [1.82, 2.24) is 10.6 Å². The molecule has 0 aliphatic carbocycles. The van der Waals surface area contributed by atoms with Gasteiger partial charge in [-0.05, 0) is 40.9 Å². The summed E-state index contributed by atoms with van der Waals surface area (Å²) in [5.74, 6) is 1.42. The van der Waals surface area contributed by atoms with Crippen LogP contribution in [0.1, 0.15) is 17.7 Å². The summed E-state index contributed by atoms with van der Waals surface area (Å²) in [4.78, 5) is 5.50. The molecular weight excluding hydrogens is 493 g/mol. The third-order valence-electron chi connectivity index (χ3n) is 3.42. The third-order valence-corrected chi connectivity index (χ3v) is 5.04. The van der Waals surface area contributed by atoms with Crippen LogP contribution in [0.2, 0.25) is 0 Å². The van der Waals surface area contributed by atoms with Gasteiger partial charge in [-0.2, -0.15) is 0 Å². The number of thiophene rings is 1. The lowest BCUT2D eigenvalue weighted by Crippen LogP contribution is -2.37. The Hall–Kier alpha value is 0.1000. The minimum atomic E-state index is 0. The normalized spacial score (nSPS) is 17.8. The molecule has 1 saturated heterocycles. The predicted molar refractivity (Wildman–Crippen MR) is 110 cm³/mol. The van der Waals surface area contributed by atoms with E-state index in [0.29, 0.717) is 5.92 Å². The molecule has 132 valence electrons. The molecule has 2 heterocycles. The fraction of sp³-hybridized carbons (Fsp3) is 0.667. The second-order valence-corrected chi connectivity index (χ2v) is 7.76. The van der Waals surface area contributed by atoms with Crippen LogP contribution in [-0.2, 0) is 16.0 Å². The SMILES string of the molecule is CN=C(NCCCOCC1CCOC1)NCc1ccc(Br)s1.I. The Morgan fingerprint density at radius 2 is 2.35 bits per heavy atom. The van der Waals surface area contributed by atoms with E-state index >= 15 is 0 Å². The van der Waals surface area contributed by atoms with E-state index in [1.807, 2.05) is 0 Å². The number of hydrogen-bond donors (Lipinski definition) is 2. The lowest BCUT2D eigenvalue weighted by atomic mass is 10.1. The zero-order valence-electron chi connectivity index (χ0n) is 13.3. The van der Waals surface area contributed by atoms with Crippen molar-refractivity contribution in [2.45, 2.75) is 19.4 Å².